The SMILES string of the molecule is O=C1CC[C@@H](CNC[C@H](O)[C@H](Cc2ccccc2)NC(=O)O[C@@H]2C[C@@H]3CCO[C@@H]3C2)N1. The molecule has 3 fully saturated rings. The van der Waals surface area contributed by atoms with Crippen molar-refractivity contribution in [2.75, 3.05) is 19.7 Å². The highest BCUT2D eigenvalue weighted by Gasteiger charge is 2.40. The summed E-state index contributed by atoms with van der Waals surface area (Å²) in [6.07, 6.45) is 3.27. The summed E-state index contributed by atoms with van der Waals surface area (Å²) in [6, 6.07) is 9.37. The van der Waals surface area contributed by atoms with Crippen LogP contribution in [-0.2, 0) is 20.7 Å². The molecule has 0 unspecified atom stereocenters. The summed E-state index contributed by atoms with van der Waals surface area (Å²) in [5, 5.41) is 19.8. The number of hydrogen-bond donors (Lipinski definition) is 4. The molecule has 1 aliphatic carbocycles. The van der Waals surface area contributed by atoms with E-state index >= 15 is 0 Å². The Morgan fingerprint density at radius 1 is 1.26 bits per heavy atom. The maximum absolute atomic E-state index is 12.6. The minimum atomic E-state index is -0.795. The molecule has 1 aromatic carbocycles. The first-order chi connectivity index (χ1) is 15.1. The highest BCUT2D eigenvalue weighted by Crippen LogP contribution is 2.37. The second-order valence-corrected chi connectivity index (χ2v) is 8.93. The van der Waals surface area contributed by atoms with Crippen molar-refractivity contribution in [3.05, 3.63) is 35.9 Å². The Balaban J connectivity index is 1.28. The van der Waals surface area contributed by atoms with Crippen molar-refractivity contribution >= 4 is 12.0 Å². The van der Waals surface area contributed by atoms with E-state index < -0.39 is 18.2 Å². The van der Waals surface area contributed by atoms with E-state index in [9.17, 15) is 14.7 Å². The predicted octanol–water partition coefficient (Wildman–Crippen LogP) is 1.12. The van der Waals surface area contributed by atoms with Crippen LogP contribution in [0, 0.1) is 5.92 Å². The zero-order chi connectivity index (χ0) is 21.6. The minimum absolute atomic E-state index is 0.0696. The Labute approximate surface area is 183 Å². The molecule has 170 valence electrons. The van der Waals surface area contributed by atoms with Crippen molar-refractivity contribution in [2.24, 2.45) is 5.92 Å². The van der Waals surface area contributed by atoms with Gasteiger partial charge in [-0.2, -0.15) is 0 Å². The van der Waals surface area contributed by atoms with Crippen LogP contribution in [0.3, 0.4) is 0 Å². The van der Waals surface area contributed by atoms with E-state index in [1.165, 1.54) is 0 Å². The first kappa shape index (κ1) is 22.0. The Hall–Kier alpha value is -2.16. The maximum atomic E-state index is 12.6. The van der Waals surface area contributed by atoms with Crippen molar-refractivity contribution in [1.29, 1.82) is 0 Å². The molecule has 3 aliphatic rings. The van der Waals surface area contributed by atoms with Gasteiger partial charge in [0.05, 0.1) is 18.2 Å². The van der Waals surface area contributed by atoms with Crippen LogP contribution in [0.1, 0.15) is 37.7 Å². The van der Waals surface area contributed by atoms with Crippen LogP contribution in [0.2, 0.25) is 0 Å². The second-order valence-electron chi connectivity index (χ2n) is 8.93. The van der Waals surface area contributed by atoms with E-state index in [1.807, 2.05) is 30.3 Å². The number of aliphatic hydroxyl groups is 1. The van der Waals surface area contributed by atoms with Crippen molar-refractivity contribution in [1.82, 2.24) is 16.0 Å². The smallest absolute Gasteiger partial charge is 0.407 e. The van der Waals surface area contributed by atoms with Crippen LogP contribution in [0.4, 0.5) is 4.79 Å². The Morgan fingerprint density at radius 2 is 2.10 bits per heavy atom. The van der Waals surface area contributed by atoms with Gasteiger partial charge in [0, 0.05) is 38.6 Å². The van der Waals surface area contributed by atoms with Gasteiger partial charge in [-0.1, -0.05) is 30.3 Å². The molecule has 2 saturated heterocycles. The Bertz CT molecular complexity index is 734. The molecule has 1 aromatic rings. The molecule has 8 nitrogen and oxygen atoms in total. The van der Waals surface area contributed by atoms with E-state index in [0.717, 1.165) is 37.9 Å². The maximum Gasteiger partial charge on any atom is 0.407 e. The monoisotopic (exact) mass is 431 g/mol. The summed E-state index contributed by atoms with van der Waals surface area (Å²) in [5.41, 5.74) is 1.03. The third kappa shape index (κ3) is 6.18. The van der Waals surface area contributed by atoms with Crippen molar-refractivity contribution in [3.8, 4) is 0 Å². The van der Waals surface area contributed by atoms with Gasteiger partial charge in [0.1, 0.15) is 6.10 Å². The molecule has 0 radical (unpaired) electrons. The molecule has 8 heteroatoms. The van der Waals surface area contributed by atoms with Gasteiger partial charge in [0.2, 0.25) is 5.91 Å². The number of amides is 2. The van der Waals surface area contributed by atoms with Gasteiger partial charge in [-0.05, 0) is 37.2 Å². The van der Waals surface area contributed by atoms with Gasteiger partial charge < -0.3 is 30.5 Å². The van der Waals surface area contributed by atoms with Crippen molar-refractivity contribution in [3.63, 3.8) is 0 Å². The number of ether oxygens (including phenoxy) is 2. The van der Waals surface area contributed by atoms with Gasteiger partial charge in [-0.15, -0.1) is 0 Å². The summed E-state index contributed by atoms with van der Waals surface area (Å²) in [6.45, 7) is 1.71. The first-order valence-corrected chi connectivity index (χ1v) is 11.4. The first-order valence-electron chi connectivity index (χ1n) is 11.4. The zero-order valence-electron chi connectivity index (χ0n) is 17.8. The number of carbonyl (C=O) groups excluding carboxylic acids is 2. The lowest BCUT2D eigenvalue weighted by molar-refractivity contribution is -0.119. The average molecular weight is 432 g/mol. The Morgan fingerprint density at radius 3 is 2.84 bits per heavy atom. The minimum Gasteiger partial charge on any atom is -0.446 e. The van der Waals surface area contributed by atoms with Crippen LogP contribution in [-0.4, -0.2) is 67.2 Å². The second kappa shape index (κ2) is 10.4. The normalized spacial score (nSPS) is 29.3. The number of benzene rings is 1. The molecule has 2 heterocycles. The third-order valence-electron chi connectivity index (χ3n) is 6.58. The molecule has 2 aliphatic heterocycles. The molecule has 2 amide bonds. The van der Waals surface area contributed by atoms with Crippen LogP contribution in [0.5, 0.6) is 0 Å². The summed E-state index contributed by atoms with van der Waals surface area (Å²) < 4.78 is 11.3. The molecule has 0 bridgehead atoms. The number of alkyl carbamates (subject to hydrolysis) is 1. The predicted molar refractivity (Wildman–Crippen MR) is 114 cm³/mol. The van der Waals surface area contributed by atoms with Crippen molar-refractivity contribution < 1.29 is 24.2 Å². The molecular formula is C23H33N3O5. The van der Waals surface area contributed by atoms with Crippen LogP contribution >= 0.6 is 0 Å². The molecule has 6 atom stereocenters. The fourth-order valence-electron chi connectivity index (χ4n) is 4.88. The van der Waals surface area contributed by atoms with Crippen LogP contribution in [0.15, 0.2) is 30.3 Å². The van der Waals surface area contributed by atoms with Gasteiger partial charge in [0.15, 0.2) is 0 Å². The number of rotatable bonds is 9. The fourth-order valence-corrected chi connectivity index (χ4v) is 4.88. The summed E-state index contributed by atoms with van der Waals surface area (Å²) in [4.78, 5) is 23.9. The van der Waals surface area contributed by atoms with Gasteiger partial charge in [-0.3, -0.25) is 4.79 Å². The molecule has 31 heavy (non-hydrogen) atoms. The van der Waals surface area contributed by atoms with Crippen LogP contribution in [0.25, 0.3) is 0 Å². The fraction of sp³-hybridized carbons (Fsp3) is 0.652. The molecule has 4 rings (SSSR count). The number of hydrogen-bond acceptors (Lipinski definition) is 6. The van der Waals surface area contributed by atoms with E-state index in [4.69, 9.17) is 9.47 Å². The zero-order valence-corrected chi connectivity index (χ0v) is 17.8. The van der Waals surface area contributed by atoms with Crippen molar-refractivity contribution in [2.45, 2.75) is 68.9 Å². The lowest BCUT2D eigenvalue weighted by atomic mass is 10.0. The molecule has 0 aromatic heterocycles. The highest BCUT2D eigenvalue weighted by molar-refractivity contribution is 5.78. The van der Waals surface area contributed by atoms with E-state index in [0.29, 0.717) is 31.8 Å². The summed E-state index contributed by atoms with van der Waals surface area (Å²) >= 11 is 0. The van der Waals surface area contributed by atoms with E-state index in [-0.39, 0.29) is 24.2 Å². The lowest BCUT2D eigenvalue weighted by Gasteiger charge is -2.26. The summed E-state index contributed by atoms with van der Waals surface area (Å²) in [7, 11) is 0. The van der Waals surface area contributed by atoms with E-state index in [1.54, 1.807) is 0 Å². The largest absolute Gasteiger partial charge is 0.446 e. The number of carbonyl (C=O) groups is 2. The molecular weight excluding hydrogens is 398 g/mol. The highest BCUT2D eigenvalue weighted by atomic mass is 16.6. The average Bonchev–Trinajstić information content (AvgIpc) is 3.45. The van der Waals surface area contributed by atoms with Gasteiger partial charge in [-0.25, -0.2) is 4.79 Å². The topological polar surface area (TPSA) is 109 Å². The van der Waals surface area contributed by atoms with Gasteiger partial charge in [0.25, 0.3) is 0 Å². The quantitative estimate of drug-likeness (QED) is 0.467. The third-order valence-corrected chi connectivity index (χ3v) is 6.58. The molecule has 1 saturated carbocycles. The summed E-state index contributed by atoms with van der Waals surface area (Å²) in [5.74, 6) is 0.559. The number of nitrogens with one attached hydrogen (secondary N) is 3. The molecule has 0 spiro atoms. The lowest BCUT2D eigenvalue weighted by Crippen LogP contribution is -2.50. The van der Waals surface area contributed by atoms with Crippen LogP contribution < -0.4 is 16.0 Å². The number of fused-ring (bicyclic) bond motifs is 1. The van der Waals surface area contributed by atoms with Gasteiger partial charge >= 0.3 is 6.09 Å². The standard InChI is InChI=1S/C23H33N3O5/c27-20(14-24-13-17-6-7-22(28)25-17)19(10-15-4-2-1-3-5-15)26-23(29)31-18-11-16-8-9-30-21(16)12-18/h1-5,16-21,24,27H,6-14H2,(H,25,28)(H,26,29)/t16-,17-,18+,19-,20-,21+/m0/s1. The number of aliphatic hydroxyl groups excluding tert-OH is 1. The molecule has 4 N–H and O–H groups in total. The van der Waals surface area contributed by atoms with E-state index in [2.05, 4.69) is 16.0 Å². The Kier molecular flexibility index (Phi) is 7.42.